The van der Waals surface area contributed by atoms with Crippen molar-refractivity contribution in [2.45, 2.75) is 64.0 Å². The second-order valence-electron chi connectivity index (χ2n) is 19.7. The van der Waals surface area contributed by atoms with E-state index < -0.39 is 56.6 Å². The van der Waals surface area contributed by atoms with E-state index in [0.29, 0.717) is 44.0 Å². The maximum absolute atomic E-state index is 13.3. The molecule has 2 unspecified atom stereocenters. The summed E-state index contributed by atoms with van der Waals surface area (Å²) in [5.74, 6) is -1.47. The molecule has 0 aromatic heterocycles. The van der Waals surface area contributed by atoms with Crippen LogP contribution in [0.4, 0.5) is 60.5 Å². The van der Waals surface area contributed by atoms with E-state index in [9.17, 15) is 61.3 Å². The van der Waals surface area contributed by atoms with E-state index in [4.69, 9.17) is 23.2 Å². The molecule has 79 heavy (non-hydrogen) atoms. The molecule has 4 fully saturated rings. The van der Waals surface area contributed by atoms with Crippen molar-refractivity contribution in [1.29, 1.82) is 0 Å². The first-order valence-electron chi connectivity index (χ1n) is 25.5. The van der Waals surface area contributed by atoms with Gasteiger partial charge in [0, 0.05) is 166 Å². The van der Waals surface area contributed by atoms with Gasteiger partial charge in [-0.15, -0.1) is 0 Å². The molecule has 428 valence electrons. The predicted octanol–water partition coefficient (Wildman–Crippen LogP) is 1.74. The number of halogens is 9. The van der Waals surface area contributed by atoms with Crippen LogP contribution in [0, 0.1) is 32.1 Å². The molecule has 8 rings (SSSR count). The molecule has 0 radical (unpaired) electrons. The van der Waals surface area contributed by atoms with E-state index in [1.54, 1.807) is 6.92 Å². The zero-order valence-electron chi connectivity index (χ0n) is 44.1. The topological polar surface area (TPSA) is 200 Å². The minimum absolute atomic E-state index is 0. The van der Waals surface area contributed by atoms with Crippen molar-refractivity contribution in [2.24, 2.45) is 11.8 Å². The normalized spacial score (nSPS) is 17.5. The van der Waals surface area contributed by atoms with Crippen LogP contribution >= 0.6 is 23.2 Å². The van der Waals surface area contributed by atoms with Gasteiger partial charge in [-0.2, -0.15) is 26.3 Å². The molecule has 27 heteroatoms. The van der Waals surface area contributed by atoms with E-state index in [0.717, 1.165) is 119 Å². The van der Waals surface area contributed by atoms with Gasteiger partial charge in [0.1, 0.15) is 11.1 Å². The van der Waals surface area contributed by atoms with Gasteiger partial charge in [-0.1, -0.05) is 37.0 Å². The van der Waals surface area contributed by atoms with Crippen LogP contribution in [0.3, 0.4) is 0 Å². The minimum Gasteiger partial charge on any atom is -1.00 e. The summed E-state index contributed by atoms with van der Waals surface area (Å²) < 4.78 is 78.3. The van der Waals surface area contributed by atoms with E-state index >= 15 is 0 Å². The number of benzene rings is 4. The largest absolute Gasteiger partial charge is 1.00 e. The van der Waals surface area contributed by atoms with Crippen molar-refractivity contribution in [3.05, 3.63) is 126 Å². The number of aliphatic carboxylic acids is 1. The minimum atomic E-state index is -4.82. The summed E-state index contributed by atoms with van der Waals surface area (Å²) in [4.78, 5) is 54.3. The molecule has 0 spiro atoms. The van der Waals surface area contributed by atoms with Crippen molar-refractivity contribution < 1.29 is 87.5 Å². The number of quaternary nitrogens is 1. The van der Waals surface area contributed by atoms with Gasteiger partial charge in [0.2, 0.25) is 5.91 Å². The Morgan fingerprint density at radius 2 is 0.975 bits per heavy atom. The first kappa shape index (κ1) is 66.3. The summed E-state index contributed by atoms with van der Waals surface area (Å²) in [6.07, 6.45) is -6.68. The second-order valence-corrected chi connectivity index (χ2v) is 20.5. The Morgan fingerprint density at radius 3 is 1.33 bits per heavy atom. The SMILES string of the molecule is CC(CN1CCN(c2ccc(Cl)cc2)CC1)C(=O)N1CCC(Nc2ccc([N+](=O)[O-])c(C(F)(F)F)c2)CC1.CC(CN1CCN(c2ccc(Cl)cc2)CC1)C(=O)[O-].O=[N+]([O-])c1ccc(NC2CC[NH2+]CC2)cc1C(F)(F)F.[Cl-].[Li+]. The number of carbonyl (C=O) groups is 2. The number of nitrogens with zero attached hydrogens (tertiary/aromatic N) is 7. The fourth-order valence-electron chi connectivity index (χ4n) is 9.73. The number of carboxylic acids is 1. The molecule has 1 amide bonds. The van der Waals surface area contributed by atoms with Crippen LogP contribution in [0.15, 0.2) is 84.9 Å². The van der Waals surface area contributed by atoms with Gasteiger partial charge in [-0.25, -0.2) is 0 Å². The number of carbonyl (C=O) groups excluding carboxylic acids is 2. The number of nitrogens with one attached hydrogen (secondary N) is 2. The Morgan fingerprint density at radius 1 is 0.608 bits per heavy atom. The Bertz CT molecular complexity index is 2600. The van der Waals surface area contributed by atoms with Crippen LogP contribution < -0.4 is 62.1 Å². The molecule has 17 nitrogen and oxygen atoms in total. The van der Waals surface area contributed by atoms with Crippen molar-refractivity contribution in [3.8, 4) is 0 Å². The third kappa shape index (κ3) is 20.1. The molecule has 4 aromatic carbocycles. The number of nitro groups is 2. The van der Waals surface area contributed by atoms with Gasteiger partial charge in [-0.05, 0) is 85.6 Å². The number of hydrogen-bond acceptors (Lipinski definition) is 13. The molecule has 0 saturated carbocycles. The first-order chi connectivity index (χ1) is 36.4. The summed E-state index contributed by atoms with van der Waals surface area (Å²) in [6, 6.07) is 21.6. The molecule has 4 aromatic rings. The first-order valence-corrected chi connectivity index (χ1v) is 26.2. The Hall–Kier alpha value is -5.25. The van der Waals surface area contributed by atoms with Gasteiger partial charge in [-0.3, -0.25) is 34.8 Å². The summed E-state index contributed by atoms with van der Waals surface area (Å²) in [6.45, 7) is 14.8. The Labute approximate surface area is 483 Å². The average Bonchev–Trinajstić information content (AvgIpc) is 3.40. The zero-order chi connectivity index (χ0) is 56.0. The number of nitrogens with two attached hydrogens (primary N) is 1. The number of carboxylic acid groups (broad SMARTS) is 1. The molecule has 4 aliphatic heterocycles. The van der Waals surface area contributed by atoms with Gasteiger partial charge in [0.15, 0.2) is 0 Å². The van der Waals surface area contributed by atoms with E-state index in [-0.39, 0.29) is 66.6 Å². The number of alkyl halides is 6. The Kier molecular flexibility index (Phi) is 25.6. The molecular weight excluding hydrogens is 1100 g/mol. The maximum atomic E-state index is 13.3. The van der Waals surface area contributed by atoms with Crippen molar-refractivity contribution in [1.82, 2.24) is 14.7 Å². The summed E-state index contributed by atoms with van der Waals surface area (Å²) in [7, 11) is 0. The molecule has 4 N–H and O–H groups in total. The smallest absolute Gasteiger partial charge is 1.00 e. The van der Waals surface area contributed by atoms with Gasteiger partial charge in [0.05, 0.1) is 22.9 Å². The fraction of sp³-hybridized carbons (Fsp3) is 0.500. The summed E-state index contributed by atoms with van der Waals surface area (Å²) >= 11 is 11.9. The van der Waals surface area contributed by atoms with E-state index in [1.807, 2.05) is 60.4 Å². The standard InChI is InChI=1S/C26H31ClF3N5O3.C14H19ClN2O2.C12H14F3N3O2.ClH.Li/c1-18(17-32-12-14-33(15-13-32)22-5-2-19(27)3-6-22)25(36)34-10-8-20(9-11-34)31-21-4-7-24(35(37)38)23(16-21)26(28,29)30;1-11(14(18)19)10-16-6-8-17(9-7-16)13-4-2-12(15)3-5-13;13-12(14,15)10-7-9(1-2-11(10)18(19)20)17-8-3-5-16-6-4-8;;/h2-7,16,18,20,31H,8-15,17H2,1H3;2-5,11H,6-10H2,1H3,(H,18,19);1-2,7-8,16-17H,3-6H2;1H;/q;;;;+1/p-1. The number of piperidine rings is 2. The van der Waals surface area contributed by atoms with Crippen LogP contribution in [0.5, 0.6) is 0 Å². The summed E-state index contributed by atoms with van der Waals surface area (Å²) in [5.41, 5.74) is -1.62. The van der Waals surface area contributed by atoms with Crippen molar-refractivity contribution in [3.63, 3.8) is 0 Å². The van der Waals surface area contributed by atoms with Crippen LogP contribution in [0.1, 0.15) is 50.7 Å². The molecule has 4 heterocycles. The zero-order valence-corrected chi connectivity index (χ0v) is 46.4. The molecule has 4 saturated heterocycles. The van der Waals surface area contributed by atoms with E-state index in [2.05, 4.69) is 35.6 Å². The monoisotopic (exact) mass is 1170 g/mol. The number of hydrogen-bond donors (Lipinski definition) is 3. The van der Waals surface area contributed by atoms with Crippen molar-refractivity contribution in [2.75, 3.05) is 112 Å². The molecule has 0 aliphatic carbocycles. The van der Waals surface area contributed by atoms with Crippen LogP contribution in [-0.4, -0.2) is 140 Å². The van der Waals surface area contributed by atoms with Crippen LogP contribution in [-0.2, 0) is 21.9 Å². The van der Waals surface area contributed by atoms with Crippen LogP contribution in [0.25, 0.3) is 0 Å². The third-order valence-corrected chi connectivity index (χ3v) is 14.5. The Balaban J connectivity index is 0.000000277. The number of anilines is 4. The van der Waals surface area contributed by atoms with Gasteiger partial charge < -0.3 is 53.0 Å². The van der Waals surface area contributed by atoms with E-state index in [1.165, 1.54) is 12.1 Å². The predicted molar refractivity (Wildman–Crippen MR) is 281 cm³/mol. The van der Waals surface area contributed by atoms with Crippen LogP contribution in [0.2, 0.25) is 10.0 Å². The van der Waals surface area contributed by atoms with Gasteiger partial charge >= 0.3 is 31.2 Å². The fourth-order valence-corrected chi connectivity index (χ4v) is 9.98. The quantitative estimate of drug-likeness (QED) is 0.0715. The number of amides is 1. The molecule has 0 bridgehead atoms. The number of piperazine rings is 2. The third-order valence-electron chi connectivity index (χ3n) is 14.0. The number of nitro benzene ring substituents is 2. The van der Waals surface area contributed by atoms with Crippen molar-refractivity contribution >= 4 is 69.2 Å². The number of likely N-dealkylation sites (tertiary alicyclic amines) is 1. The number of rotatable bonds is 14. The van der Waals surface area contributed by atoms with Gasteiger partial charge in [0.25, 0.3) is 11.4 Å². The average molecular weight is 1170 g/mol. The molecular formula is C52H64Cl3F6LiN10O7. The second kappa shape index (κ2) is 30.5. The summed E-state index contributed by atoms with van der Waals surface area (Å²) in [5, 5.41) is 42.0. The molecule has 2 atom stereocenters. The molecule has 4 aliphatic rings. The maximum Gasteiger partial charge on any atom is 1.00 e.